The van der Waals surface area contributed by atoms with E-state index in [0.717, 1.165) is 16.6 Å². The molecule has 0 N–H and O–H groups in total. The number of esters is 1. The summed E-state index contributed by atoms with van der Waals surface area (Å²) < 4.78 is 4.69. The Balaban J connectivity index is 1.91. The van der Waals surface area contributed by atoms with Crippen LogP contribution >= 0.6 is 0 Å². The molecule has 0 unspecified atom stereocenters. The normalized spacial score (nSPS) is 10.5. The summed E-state index contributed by atoms with van der Waals surface area (Å²) in [5.41, 5.74) is 2.39. The summed E-state index contributed by atoms with van der Waals surface area (Å²) in [5.74, 6) is -0.376. The van der Waals surface area contributed by atoms with Crippen LogP contribution in [0.5, 0.6) is 0 Å². The maximum absolute atomic E-state index is 11.5. The Morgan fingerprint density at radius 3 is 2.54 bits per heavy atom. The highest BCUT2D eigenvalue weighted by Crippen LogP contribution is 2.33. The van der Waals surface area contributed by atoms with E-state index < -0.39 is 4.92 Å². The number of hydrogen-bond donors (Lipinski definition) is 0. The molecule has 26 heavy (non-hydrogen) atoms. The van der Waals surface area contributed by atoms with E-state index in [-0.39, 0.29) is 11.7 Å². The molecule has 1 aromatic heterocycles. The topological polar surface area (TPSA) is 85.6 Å². The molecule has 0 aliphatic rings. The van der Waals surface area contributed by atoms with E-state index in [9.17, 15) is 14.9 Å². The number of nitro benzene ring substituents is 1. The van der Waals surface area contributed by atoms with Gasteiger partial charge in [-0.2, -0.15) is 0 Å². The van der Waals surface area contributed by atoms with Crippen LogP contribution in [0.2, 0.25) is 0 Å². The van der Waals surface area contributed by atoms with Crippen LogP contribution < -0.4 is 4.90 Å². The molecule has 1 heterocycles. The maximum Gasteiger partial charge on any atom is 0.337 e. The maximum atomic E-state index is 11.5. The number of carbonyl (C=O) groups is 1. The van der Waals surface area contributed by atoms with E-state index in [0.29, 0.717) is 17.5 Å². The second kappa shape index (κ2) is 7.18. The van der Waals surface area contributed by atoms with E-state index in [4.69, 9.17) is 4.74 Å². The molecule has 3 rings (SSSR count). The van der Waals surface area contributed by atoms with Crippen LogP contribution in [0.1, 0.15) is 15.9 Å². The number of benzene rings is 2. The van der Waals surface area contributed by atoms with Gasteiger partial charge in [-0.05, 0) is 29.8 Å². The van der Waals surface area contributed by atoms with E-state index in [2.05, 4.69) is 4.98 Å². The molecule has 7 heteroatoms. The molecule has 0 saturated heterocycles. The van der Waals surface area contributed by atoms with Crippen LogP contribution in [0.25, 0.3) is 10.8 Å². The number of ether oxygens (including phenoxy) is 1. The van der Waals surface area contributed by atoms with Crippen molar-refractivity contribution in [3.63, 3.8) is 0 Å². The first kappa shape index (κ1) is 17.3. The summed E-state index contributed by atoms with van der Waals surface area (Å²) in [6.07, 6.45) is 3.13. The minimum atomic E-state index is -0.403. The number of fused-ring (bicyclic) bond motifs is 1. The fourth-order valence-corrected chi connectivity index (χ4v) is 2.87. The van der Waals surface area contributed by atoms with Gasteiger partial charge in [0.15, 0.2) is 0 Å². The molecule has 0 saturated carbocycles. The van der Waals surface area contributed by atoms with E-state index in [1.54, 1.807) is 30.5 Å². The Morgan fingerprint density at radius 1 is 1.15 bits per heavy atom. The average molecular weight is 351 g/mol. The first-order valence-electron chi connectivity index (χ1n) is 7.90. The lowest BCUT2D eigenvalue weighted by Crippen LogP contribution is -2.17. The number of rotatable bonds is 5. The predicted molar refractivity (Wildman–Crippen MR) is 98.3 cm³/mol. The number of non-ortho nitro benzene ring substituents is 1. The molecular formula is C19H17N3O4. The number of methoxy groups -OCH3 is 1. The fraction of sp³-hybridized carbons (Fsp3) is 0.158. The summed E-state index contributed by atoms with van der Waals surface area (Å²) in [6.45, 7) is 0.580. The molecule has 0 bridgehead atoms. The molecule has 132 valence electrons. The second-order valence-corrected chi connectivity index (χ2v) is 5.83. The zero-order valence-corrected chi connectivity index (χ0v) is 14.4. The Kier molecular flexibility index (Phi) is 4.79. The molecule has 0 spiro atoms. The highest BCUT2D eigenvalue weighted by atomic mass is 16.6. The van der Waals surface area contributed by atoms with Gasteiger partial charge in [-0.1, -0.05) is 12.1 Å². The van der Waals surface area contributed by atoms with Gasteiger partial charge in [0.2, 0.25) is 0 Å². The van der Waals surface area contributed by atoms with Gasteiger partial charge in [0.1, 0.15) is 0 Å². The predicted octanol–water partition coefficient (Wildman–Crippen LogP) is 3.57. The van der Waals surface area contributed by atoms with Crippen LogP contribution in [-0.2, 0) is 11.3 Å². The third kappa shape index (κ3) is 3.32. The monoisotopic (exact) mass is 351 g/mol. The zero-order valence-electron chi connectivity index (χ0n) is 14.4. The van der Waals surface area contributed by atoms with Gasteiger partial charge in [0.25, 0.3) is 5.69 Å². The number of aromatic nitrogens is 1. The van der Waals surface area contributed by atoms with Crippen LogP contribution in [-0.4, -0.2) is 30.0 Å². The van der Waals surface area contributed by atoms with Crippen molar-refractivity contribution in [1.29, 1.82) is 0 Å². The molecule has 0 aliphatic heterocycles. The SMILES string of the molecule is COC(=O)c1ccc(CN(C)c2ccc([N+](=O)[O-])c3cnccc23)cc1. The standard InChI is InChI=1S/C19H17N3O4/c1-21(12-13-3-5-14(6-4-13)19(23)26-2)17-7-8-18(22(24)25)16-11-20-10-9-15(16)17/h3-11H,12H2,1-2H3. The number of nitrogens with zero attached hydrogens (tertiary/aromatic N) is 3. The van der Waals surface area contributed by atoms with Gasteiger partial charge in [-0.15, -0.1) is 0 Å². The lowest BCUT2D eigenvalue weighted by molar-refractivity contribution is -0.383. The van der Waals surface area contributed by atoms with Crippen molar-refractivity contribution < 1.29 is 14.5 Å². The van der Waals surface area contributed by atoms with Gasteiger partial charge in [-0.25, -0.2) is 4.79 Å². The van der Waals surface area contributed by atoms with Crippen LogP contribution in [0.3, 0.4) is 0 Å². The van der Waals surface area contributed by atoms with Crippen molar-refractivity contribution in [2.45, 2.75) is 6.54 Å². The van der Waals surface area contributed by atoms with Crippen LogP contribution in [0, 0.1) is 10.1 Å². The fourth-order valence-electron chi connectivity index (χ4n) is 2.87. The summed E-state index contributed by atoms with van der Waals surface area (Å²) >= 11 is 0. The van der Waals surface area contributed by atoms with E-state index >= 15 is 0 Å². The molecule has 0 amide bonds. The molecule has 3 aromatic rings. The highest BCUT2D eigenvalue weighted by molar-refractivity contribution is 5.99. The van der Waals surface area contributed by atoms with Crippen LogP contribution in [0.15, 0.2) is 54.9 Å². The van der Waals surface area contributed by atoms with Crippen molar-refractivity contribution in [3.8, 4) is 0 Å². The largest absolute Gasteiger partial charge is 0.465 e. The lowest BCUT2D eigenvalue weighted by Gasteiger charge is -2.21. The minimum absolute atomic E-state index is 0.0349. The Bertz CT molecular complexity index is 970. The summed E-state index contributed by atoms with van der Waals surface area (Å²) in [5, 5.41) is 12.5. The van der Waals surface area contributed by atoms with Crippen molar-refractivity contribution >= 4 is 28.1 Å². The second-order valence-electron chi connectivity index (χ2n) is 5.83. The molecule has 0 aliphatic carbocycles. The van der Waals surface area contributed by atoms with Crippen molar-refractivity contribution in [2.24, 2.45) is 0 Å². The molecule has 0 radical (unpaired) electrons. The lowest BCUT2D eigenvalue weighted by atomic mass is 10.1. The average Bonchev–Trinajstić information content (AvgIpc) is 2.66. The molecule has 0 atom stereocenters. The number of hydrogen-bond acceptors (Lipinski definition) is 6. The third-order valence-electron chi connectivity index (χ3n) is 4.17. The summed E-state index contributed by atoms with van der Waals surface area (Å²) in [6, 6.07) is 12.2. The van der Waals surface area contributed by atoms with Gasteiger partial charge in [0, 0.05) is 43.1 Å². The minimum Gasteiger partial charge on any atom is -0.465 e. The van der Waals surface area contributed by atoms with Gasteiger partial charge in [0.05, 0.1) is 23.0 Å². The first-order chi connectivity index (χ1) is 12.5. The Morgan fingerprint density at radius 2 is 1.88 bits per heavy atom. The first-order valence-corrected chi connectivity index (χ1v) is 7.90. The summed E-state index contributed by atoms with van der Waals surface area (Å²) in [7, 11) is 3.26. The van der Waals surface area contributed by atoms with Crippen LogP contribution in [0.4, 0.5) is 11.4 Å². The van der Waals surface area contributed by atoms with Crippen molar-refractivity contribution in [3.05, 3.63) is 76.1 Å². The summed E-state index contributed by atoms with van der Waals surface area (Å²) in [4.78, 5) is 28.3. The number of nitro groups is 1. The van der Waals surface area contributed by atoms with Gasteiger partial charge >= 0.3 is 5.97 Å². The smallest absolute Gasteiger partial charge is 0.337 e. The molecule has 7 nitrogen and oxygen atoms in total. The number of carbonyl (C=O) groups excluding carboxylic acids is 1. The van der Waals surface area contributed by atoms with Crippen molar-refractivity contribution in [1.82, 2.24) is 4.98 Å². The Hall–Kier alpha value is -3.48. The Labute approximate surface area is 150 Å². The highest BCUT2D eigenvalue weighted by Gasteiger charge is 2.16. The molecular weight excluding hydrogens is 334 g/mol. The van der Waals surface area contributed by atoms with Gasteiger partial charge < -0.3 is 9.64 Å². The quantitative estimate of drug-likeness (QED) is 0.397. The molecule has 2 aromatic carbocycles. The van der Waals surface area contributed by atoms with Gasteiger partial charge in [-0.3, -0.25) is 15.1 Å². The number of anilines is 1. The van der Waals surface area contributed by atoms with E-state index in [1.807, 2.05) is 24.1 Å². The number of pyridine rings is 1. The molecule has 0 fully saturated rings. The van der Waals surface area contributed by atoms with E-state index in [1.165, 1.54) is 19.4 Å². The third-order valence-corrected chi connectivity index (χ3v) is 4.17. The zero-order chi connectivity index (χ0) is 18.7. The van der Waals surface area contributed by atoms with Crippen molar-refractivity contribution in [2.75, 3.05) is 19.1 Å².